The van der Waals surface area contributed by atoms with Crippen molar-refractivity contribution < 1.29 is 9.53 Å². The van der Waals surface area contributed by atoms with Crippen molar-refractivity contribution in [2.75, 3.05) is 43.1 Å². The predicted molar refractivity (Wildman–Crippen MR) is 137 cm³/mol. The molecule has 9 heteroatoms. The van der Waals surface area contributed by atoms with Crippen molar-refractivity contribution in [3.05, 3.63) is 64.7 Å². The topological polar surface area (TPSA) is 101 Å². The van der Waals surface area contributed by atoms with Crippen LogP contribution < -0.4 is 21.1 Å². The fourth-order valence-corrected chi connectivity index (χ4v) is 5.33. The van der Waals surface area contributed by atoms with Gasteiger partial charge in [-0.05, 0) is 61.9 Å². The molecule has 1 aliphatic carbocycles. The summed E-state index contributed by atoms with van der Waals surface area (Å²) in [6, 6.07) is 11.1. The van der Waals surface area contributed by atoms with Crippen LogP contribution in [0.5, 0.6) is 0 Å². The Labute approximate surface area is 209 Å². The van der Waals surface area contributed by atoms with Crippen molar-refractivity contribution in [3.63, 3.8) is 0 Å². The van der Waals surface area contributed by atoms with Crippen LogP contribution in [0.15, 0.2) is 53.6 Å². The average Bonchev–Trinajstić information content (AvgIpc) is 2.83. The number of carbonyl (C=O) groups excluding carboxylic acids is 1. The highest BCUT2D eigenvalue weighted by atomic mass is 16.5. The second-order valence-corrected chi connectivity index (χ2v) is 10.3. The lowest BCUT2D eigenvalue weighted by Gasteiger charge is -2.40. The summed E-state index contributed by atoms with van der Waals surface area (Å²) in [5, 5.41) is 6.60. The fraction of sp³-hybridized carbons (Fsp3) is 0.481. The van der Waals surface area contributed by atoms with Crippen LogP contribution in [0.3, 0.4) is 0 Å². The van der Waals surface area contributed by atoms with Gasteiger partial charge in [0.1, 0.15) is 22.7 Å². The predicted octanol–water partition coefficient (Wildman–Crippen LogP) is 2.35. The van der Waals surface area contributed by atoms with E-state index >= 15 is 0 Å². The summed E-state index contributed by atoms with van der Waals surface area (Å²) in [6.45, 7) is 3.61. The van der Waals surface area contributed by atoms with Gasteiger partial charge in [0.15, 0.2) is 0 Å². The molecule has 3 aliphatic rings. The van der Waals surface area contributed by atoms with E-state index in [1.165, 1.54) is 36.2 Å². The van der Waals surface area contributed by atoms with Crippen LogP contribution in [-0.2, 0) is 14.9 Å². The lowest BCUT2D eigenvalue weighted by Crippen LogP contribution is -2.55. The number of pyridine rings is 2. The Morgan fingerprint density at radius 2 is 2.03 bits per heavy atom. The highest BCUT2D eigenvalue weighted by Crippen LogP contribution is 2.34. The van der Waals surface area contributed by atoms with E-state index in [9.17, 15) is 9.59 Å². The van der Waals surface area contributed by atoms with Crippen LogP contribution in [0.2, 0.25) is 0 Å². The van der Waals surface area contributed by atoms with Gasteiger partial charge in [0.05, 0.1) is 13.2 Å². The molecule has 188 valence electrons. The monoisotopic (exact) mass is 488 g/mol. The number of fused-ring (bicyclic) bond motifs is 1. The van der Waals surface area contributed by atoms with Gasteiger partial charge in [0, 0.05) is 37.6 Å². The summed E-state index contributed by atoms with van der Waals surface area (Å²) in [6.07, 6.45) is 9.89. The molecule has 0 unspecified atom stereocenters. The molecular weight excluding hydrogens is 456 g/mol. The maximum atomic E-state index is 13.4. The van der Waals surface area contributed by atoms with Crippen LogP contribution in [-0.4, -0.2) is 59.2 Å². The normalized spacial score (nSPS) is 21.6. The largest absolute Gasteiger partial charge is 0.378 e. The number of rotatable bonds is 7. The molecule has 0 radical (unpaired) electrons. The minimum atomic E-state index is -0.843. The van der Waals surface area contributed by atoms with Crippen LogP contribution in [0, 0.1) is 5.92 Å². The molecule has 36 heavy (non-hydrogen) atoms. The molecule has 3 aromatic rings. The SMILES string of the molecule is O=C(Nc1cc(=O)n2ccccc2n1)C1(c2ccc(N3CCC[C@@H](NCC4CCC4)C3)nc2)COC1. The second kappa shape index (κ2) is 9.63. The first-order valence-electron chi connectivity index (χ1n) is 12.9. The number of nitrogens with zero attached hydrogens (tertiary/aromatic N) is 4. The third-order valence-electron chi connectivity index (χ3n) is 7.91. The number of hydrogen-bond donors (Lipinski definition) is 2. The Morgan fingerprint density at radius 3 is 2.75 bits per heavy atom. The maximum absolute atomic E-state index is 13.4. The molecule has 0 aromatic carbocycles. The van der Waals surface area contributed by atoms with Gasteiger partial charge in [-0.1, -0.05) is 18.6 Å². The molecular formula is C27H32N6O3. The standard InChI is InChI=1S/C27H32N6O3/c34-25-13-22(30-24-8-1-2-12-33(24)25)31-26(35)27(17-36-18-27)20-9-10-23(29-15-20)32-11-4-7-21(16-32)28-14-19-5-3-6-19/h1-2,8-10,12-13,15,19,21,28H,3-7,11,14,16-18H2,(H,31,35)/t21-/m1/s1. The first kappa shape index (κ1) is 23.1. The van der Waals surface area contributed by atoms with E-state index in [1.807, 2.05) is 12.1 Å². The minimum absolute atomic E-state index is 0.237. The average molecular weight is 489 g/mol. The first-order valence-corrected chi connectivity index (χ1v) is 12.9. The van der Waals surface area contributed by atoms with Gasteiger partial charge in [-0.3, -0.25) is 14.0 Å². The van der Waals surface area contributed by atoms with E-state index in [2.05, 4.69) is 20.5 Å². The van der Waals surface area contributed by atoms with E-state index in [1.54, 1.807) is 30.6 Å². The van der Waals surface area contributed by atoms with Crippen LogP contribution in [0.4, 0.5) is 11.6 Å². The van der Waals surface area contributed by atoms with Crippen molar-refractivity contribution in [2.45, 2.75) is 43.6 Å². The van der Waals surface area contributed by atoms with Crippen molar-refractivity contribution in [2.24, 2.45) is 5.92 Å². The maximum Gasteiger partial charge on any atom is 0.259 e. The van der Waals surface area contributed by atoms with E-state index in [0.717, 1.165) is 43.4 Å². The summed E-state index contributed by atoms with van der Waals surface area (Å²) >= 11 is 0. The Bertz CT molecular complexity index is 1300. The zero-order valence-electron chi connectivity index (χ0n) is 20.4. The highest BCUT2D eigenvalue weighted by molar-refractivity contribution is 5.99. The van der Waals surface area contributed by atoms with E-state index in [4.69, 9.17) is 9.72 Å². The minimum Gasteiger partial charge on any atom is -0.378 e. The third-order valence-corrected chi connectivity index (χ3v) is 7.91. The van der Waals surface area contributed by atoms with Gasteiger partial charge in [-0.2, -0.15) is 0 Å². The summed E-state index contributed by atoms with van der Waals surface area (Å²) in [7, 11) is 0. The van der Waals surface area contributed by atoms with Gasteiger partial charge in [-0.15, -0.1) is 0 Å². The third kappa shape index (κ3) is 4.37. The molecule has 2 aliphatic heterocycles. The van der Waals surface area contributed by atoms with Gasteiger partial charge in [0.2, 0.25) is 5.91 Å². The summed E-state index contributed by atoms with van der Waals surface area (Å²) in [5.41, 5.74) is 0.198. The van der Waals surface area contributed by atoms with Crippen LogP contribution >= 0.6 is 0 Å². The molecule has 2 N–H and O–H groups in total. The van der Waals surface area contributed by atoms with E-state index in [0.29, 0.717) is 11.7 Å². The molecule has 1 amide bonds. The molecule has 1 saturated carbocycles. The summed E-state index contributed by atoms with van der Waals surface area (Å²) < 4.78 is 6.91. The zero-order valence-corrected chi connectivity index (χ0v) is 20.4. The van der Waals surface area contributed by atoms with Gasteiger partial charge in [-0.25, -0.2) is 9.97 Å². The molecule has 2 saturated heterocycles. The quantitative estimate of drug-likeness (QED) is 0.527. The number of hydrogen-bond acceptors (Lipinski definition) is 7. The number of anilines is 2. The number of carbonyl (C=O) groups is 1. The smallest absolute Gasteiger partial charge is 0.259 e. The lowest BCUT2D eigenvalue weighted by atomic mass is 9.78. The number of piperidine rings is 1. The second-order valence-electron chi connectivity index (χ2n) is 10.3. The zero-order chi connectivity index (χ0) is 24.5. The van der Waals surface area contributed by atoms with Crippen molar-refractivity contribution in [3.8, 4) is 0 Å². The molecule has 9 nitrogen and oxygen atoms in total. The van der Waals surface area contributed by atoms with E-state index in [-0.39, 0.29) is 30.5 Å². The summed E-state index contributed by atoms with van der Waals surface area (Å²) in [4.78, 5) is 37.3. The Balaban J connectivity index is 1.15. The van der Waals surface area contributed by atoms with Gasteiger partial charge in [0.25, 0.3) is 5.56 Å². The van der Waals surface area contributed by atoms with Crippen LogP contribution in [0.25, 0.3) is 5.65 Å². The molecule has 0 spiro atoms. The Morgan fingerprint density at radius 1 is 1.14 bits per heavy atom. The van der Waals surface area contributed by atoms with Crippen molar-refractivity contribution >= 4 is 23.2 Å². The van der Waals surface area contributed by atoms with Crippen molar-refractivity contribution in [1.29, 1.82) is 0 Å². The van der Waals surface area contributed by atoms with Gasteiger partial charge < -0.3 is 20.3 Å². The van der Waals surface area contributed by atoms with E-state index < -0.39 is 5.41 Å². The Kier molecular flexibility index (Phi) is 6.18. The first-order chi connectivity index (χ1) is 17.6. The van der Waals surface area contributed by atoms with Crippen LogP contribution in [0.1, 0.15) is 37.7 Å². The molecule has 3 fully saturated rings. The highest BCUT2D eigenvalue weighted by Gasteiger charge is 2.48. The number of aromatic nitrogens is 3. The fourth-order valence-electron chi connectivity index (χ4n) is 5.33. The summed E-state index contributed by atoms with van der Waals surface area (Å²) in [5.74, 6) is 1.79. The Hall–Kier alpha value is -3.30. The molecule has 3 aromatic heterocycles. The number of amides is 1. The van der Waals surface area contributed by atoms with Gasteiger partial charge >= 0.3 is 0 Å². The molecule has 0 bridgehead atoms. The lowest BCUT2D eigenvalue weighted by molar-refractivity contribution is -0.139. The molecule has 1 atom stereocenters. The molecule has 6 rings (SSSR count). The molecule has 5 heterocycles. The number of nitrogens with one attached hydrogen (secondary N) is 2. The number of ether oxygens (including phenoxy) is 1. The van der Waals surface area contributed by atoms with Crippen molar-refractivity contribution in [1.82, 2.24) is 19.7 Å².